The van der Waals surface area contributed by atoms with Crippen molar-refractivity contribution < 1.29 is 23.9 Å². The Balaban J connectivity index is 3.52. The van der Waals surface area contributed by atoms with Gasteiger partial charge < -0.3 is 9.47 Å². The Bertz CT molecular complexity index is 162. The first-order valence-electron chi connectivity index (χ1n) is 2.88. The van der Waals surface area contributed by atoms with Crippen molar-refractivity contribution in [2.24, 2.45) is 0 Å². The Labute approximate surface area is 63.3 Å². The Kier molecular flexibility index (Phi) is 4.72. The van der Waals surface area contributed by atoms with Crippen molar-refractivity contribution in [3.05, 3.63) is 0 Å². The van der Waals surface area contributed by atoms with Crippen molar-refractivity contribution in [2.75, 3.05) is 13.7 Å². The molecule has 0 aliphatic rings. The van der Waals surface area contributed by atoms with E-state index >= 15 is 0 Å². The smallest absolute Gasteiger partial charge is 0.374 e. The third-order valence-corrected chi connectivity index (χ3v) is 0.928. The van der Waals surface area contributed by atoms with Crippen molar-refractivity contribution in [1.29, 1.82) is 0 Å². The fourth-order valence-corrected chi connectivity index (χ4v) is 0.416. The van der Waals surface area contributed by atoms with Crippen LogP contribution in [0.4, 0.5) is 0 Å². The van der Waals surface area contributed by atoms with Crippen molar-refractivity contribution in [3.8, 4) is 0 Å². The van der Waals surface area contributed by atoms with Crippen LogP contribution < -0.4 is 0 Å². The molecule has 0 aromatic rings. The molecule has 11 heavy (non-hydrogen) atoms. The van der Waals surface area contributed by atoms with E-state index in [1.54, 1.807) is 0 Å². The minimum Gasteiger partial charge on any atom is -0.467 e. The van der Waals surface area contributed by atoms with Gasteiger partial charge in [-0.25, -0.2) is 4.79 Å². The molecule has 0 bridgehead atoms. The van der Waals surface area contributed by atoms with E-state index in [1.807, 2.05) is 0 Å². The minimum absolute atomic E-state index is 0.0859. The number of methoxy groups -OCH3 is 1. The molecular weight excluding hydrogens is 152 g/mol. The van der Waals surface area contributed by atoms with Gasteiger partial charge in [0.1, 0.15) is 0 Å². The SMILES string of the molecule is COC(=O)C(=O)CCOC=O. The highest BCUT2D eigenvalue weighted by Crippen LogP contribution is 1.86. The molecule has 0 aromatic carbocycles. The average molecular weight is 160 g/mol. The molecule has 0 aromatic heterocycles. The Morgan fingerprint density at radius 2 is 2.09 bits per heavy atom. The predicted octanol–water partition coefficient (Wildman–Crippen LogP) is -0.708. The van der Waals surface area contributed by atoms with Gasteiger partial charge in [-0.2, -0.15) is 0 Å². The number of ketones is 1. The van der Waals surface area contributed by atoms with E-state index in [1.165, 1.54) is 0 Å². The molecule has 5 heteroatoms. The standard InChI is InChI=1S/C6H8O5/c1-10-6(9)5(8)2-3-11-4-7/h4H,2-3H2,1H3. The molecule has 0 unspecified atom stereocenters. The maximum atomic E-state index is 10.6. The predicted molar refractivity (Wildman–Crippen MR) is 33.7 cm³/mol. The molecule has 0 N–H and O–H groups in total. The normalized spacial score (nSPS) is 8.45. The summed E-state index contributed by atoms with van der Waals surface area (Å²) in [6.45, 7) is 0.127. The molecule has 62 valence electrons. The first kappa shape index (κ1) is 9.61. The molecule has 0 aliphatic heterocycles. The van der Waals surface area contributed by atoms with E-state index in [4.69, 9.17) is 0 Å². The topological polar surface area (TPSA) is 69.7 Å². The largest absolute Gasteiger partial charge is 0.467 e. The molecule has 0 amide bonds. The lowest BCUT2D eigenvalue weighted by molar-refractivity contribution is -0.152. The van der Waals surface area contributed by atoms with Crippen LogP contribution in [0.25, 0.3) is 0 Å². The third kappa shape index (κ3) is 4.07. The second-order valence-electron chi connectivity index (χ2n) is 1.63. The molecule has 0 rings (SSSR count). The van der Waals surface area contributed by atoms with Crippen LogP contribution in [0.1, 0.15) is 6.42 Å². The van der Waals surface area contributed by atoms with Crippen LogP contribution in [-0.4, -0.2) is 31.9 Å². The third-order valence-electron chi connectivity index (χ3n) is 0.928. The first-order valence-corrected chi connectivity index (χ1v) is 2.88. The van der Waals surface area contributed by atoms with Gasteiger partial charge in [0.25, 0.3) is 6.47 Å². The minimum atomic E-state index is -0.917. The quantitative estimate of drug-likeness (QED) is 0.230. The summed E-state index contributed by atoms with van der Waals surface area (Å²) in [5.41, 5.74) is 0. The van der Waals surface area contributed by atoms with Crippen LogP contribution in [0.2, 0.25) is 0 Å². The van der Waals surface area contributed by atoms with E-state index in [9.17, 15) is 14.4 Å². The summed E-state index contributed by atoms with van der Waals surface area (Å²) >= 11 is 0. The maximum Gasteiger partial charge on any atom is 0.374 e. The summed E-state index contributed by atoms with van der Waals surface area (Å²) in [5, 5.41) is 0. The van der Waals surface area contributed by atoms with Gasteiger partial charge in [0.05, 0.1) is 20.1 Å². The molecule has 0 atom stereocenters. The number of hydrogen-bond donors (Lipinski definition) is 0. The molecule has 5 nitrogen and oxygen atoms in total. The second kappa shape index (κ2) is 5.40. The van der Waals surface area contributed by atoms with Crippen LogP contribution in [0.5, 0.6) is 0 Å². The van der Waals surface area contributed by atoms with Gasteiger partial charge in [-0.05, 0) is 0 Å². The van der Waals surface area contributed by atoms with Crippen LogP contribution >= 0.6 is 0 Å². The van der Waals surface area contributed by atoms with Crippen molar-refractivity contribution >= 4 is 18.2 Å². The number of carbonyl (C=O) groups is 3. The molecule has 0 saturated heterocycles. The van der Waals surface area contributed by atoms with E-state index in [-0.39, 0.29) is 19.5 Å². The van der Waals surface area contributed by atoms with Crippen molar-refractivity contribution in [1.82, 2.24) is 0 Å². The van der Waals surface area contributed by atoms with E-state index < -0.39 is 11.8 Å². The maximum absolute atomic E-state index is 10.6. The van der Waals surface area contributed by atoms with E-state index in [0.29, 0.717) is 0 Å². The lowest BCUT2D eigenvalue weighted by atomic mass is 10.3. The second-order valence-corrected chi connectivity index (χ2v) is 1.63. The number of rotatable bonds is 5. The lowest BCUT2D eigenvalue weighted by Crippen LogP contribution is -2.17. The molecule has 0 heterocycles. The zero-order valence-corrected chi connectivity index (χ0v) is 6.03. The summed E-state index contributed by atoms with van der Waals surface area (Å²) in [6.07, 6.45) is -0.134. The molecule has 0 saturated carbocycles. The van der Waals surface area contributed by atoms with Gasteiger partial charge in [-0.1, -0.05) is 0 Å². The van der Waals surface area contributed by atoms with Crippen molar-refractivity contribution in [3.63, 3.8) is 0 Å². The zero-order chi connectivity index (χ0) is 8.69. The highest BCUT2D eigenvalue weighted by atomic mass is 16.5. The molecular formula is C6H8O5. The van der Waals surface area contributed by atoms with E-state index in [2.05, 4.69) is 9.47 Å². The van der Waals surface area contributed by atoms with Crippen LogP contribution in [0, 0.1) is 0 Å². The monoisotopic (exact) mass is 160 g/mol. The van der Waals surface area contributed by atoms with Crippen LogP contribution in [-0.2, 0) is 23.9 Å². The summed E-state index contributed by atoms with van der Waals surface area (Å²) in [4.78, 5) is 30.5. The molecule has 0 fully saturated rings. The van der Waals surface area contributed by atoms with Crippen LogP contribution in [0.15, 0.2) is 0 Å². The summed E-state index contributed by atoms with van der Waals surface area (Å²) < 4.78 is 8.30. The Morgan fingerprint density at radius 1 is 1.45 bits per heavy atom. The summed E-state index contributed by atoms with van der Waals surface area (Å²) in [6, 6.07) is 0. The fourth-order valence-electron chi connectivity index (χ4n) is 0.416. The zero-order valence-electron chi connectivity index (χ0n) is 6.03. The number of esters is 1. The lowest BCUT2D eigenvalue weighted by Gasteiger charge is -1.96. The summed E-state index contributed by atoms with van der Waals surface area (Å²) in [7, 11) is 1.11. The number of carbonyl (C=O) groups excluding carboxylic acids is 3. The van der Waals surface area contributed by atoms with Gasteiger partial charge in [-0.3, -0.25) is 9.59 Å². The molecule has 0 radical (unpaired) electrons. The van der Waals surface area contributed by atoms with Gasteiger partial charge in [0.2, 0.25) is 5.78 Å². The number of ether oxygens (including phenoxy) is 2. The van der Waals surface area contributed by atoms with Gasteiger partial charge >= 0.3 is 5.97 Å². The highest BCUT2D eigenvalue weighted by molar-refractivity contribution is 6.33. The molecule has 0 spiro atoms. The van der Waals surface area contributed by atoms with Gasteiger partial charge in [0, 0.05) is 0 Å². The fraction of sp³-hybridized carbons (Fsp3) is 0.500. The van der Waals surface area contributed by atoms with Gasteiger partial charge in [-0.15, -0.1) is 0 Å². The average Bonchev–Trinajstić information content (AvgIpc) is 2.03. The number of Topliss-reactive ketones (excluding diaryl/α,β-unsaturated/α-hetero) is 1. The number of hydrogen-bond acceptors (Lipinski definition) is 5. The van der Waals surface area contributed by atoms with E-state index in [0.717, 1.165) is 7.11 Å². The van der Waals surface area contributed by atoms with Gasteiger partial charge in [0.15, 0.2) is 0 Å². The molecule has 0 aliphatic carbocycles. The van der Waals surface area contributed by atoms with Crippen molar-refractivity contribution in [2.45, 2.75) is 6.42 Å². The van der Waals surface area contributed by atoms with Crippen LogP contribution in [0.3, 0.4) is 0 Å². The Morgan fingerprint density at radius 3 is 2.55 bits per heavy atom. The highest BCUT2D eigenvalue weighted by Gasteiger charge is 2.12. The first-order chi connectivity index (χ1) is 5.22. The Hall–Kier alpha value is -1.39. The summed E-state index contributed by atoms with van der Waals surface area (Å²) in [5.74, 6) is -1.62.